The van der Waals surface area contributed by atoms with E-state index in [4.69, 9.17) is 21.4 Å². The van der Waals surface area contributed by atoms with Crippen molar-refractivity contribution in [2.45, 2.75) is 6.92 Å². The van der Waals surface area contributed by atoms with Gasteiger partial charge in [-0.15, -0.1) is 0 Å². The highest BCUT2D eigenvalue weighted by Crippen LogP contribution is 2.17. The predicted octanol–water partition coefficient (Wildman–Crippen LogP) is 2.21. The van der Waals surface area contributed by atoms with Gasteiger partial charge < -0.3 is 9.84 Å². The zero-order valence-corrected chi connectivity index (χ0v) is 8.75. The normalized spacial score (nSPS) is 9.73. The Bertz CT molecular complexity index is 400. The van der Waals surface area contributed by atoms with Crippen molar-refractivity contribution in [1.29, 1.82) is 0 Å². The van der Waals surface area contributed by atoms with Crippen molar-refractivity contribution in [2.24, 2.45) is 0 Å². The molecule has 80 valence electrons. The van der Waals surface area contributed by atoms with Crippen LogP contribution in [-0.2, 0) is 4.74 Å². The van der Waals surface area contributed by atoms with Crippen LogP contribution in [0.1, 0.15) is 27.6 Å². The molecule has 1 aromatic carbocycles. The molecule has 0 aliphatic carbocycles. The van der Waals surface area contributed by atoms with Crippen molar-refractivity contribution < 1.29 is 19.4 Å². The second kappa shape index (κ2) is 4.79. The van der Waals surface area contributed by atoms with E-state index in [0.29, 0.717) is 0 Å². The number of ether oxygens (including phenoxy) is 1. The summed E-state index contributed by atoms with van der Waals surface area (Å²) >= 11 is 5.63. The Morgan fingerprint density at radius 3 is 2.60 bits per heavy atom. The molecular weight excluding hydrogens is 220 g/mol. The number of carboxylic acid groups (broad SMARTS) is 1. The van der Waals surface area contributed by atoms with E-state index in [0.717, 1.165) is 0 Å². The number of aromatic carboxylic acids is 1. The third-order valence-electron chi connectivity index (χ3n) is 1.71. The first-order valence-corrected chi connectivity index (χ1v) is 4.64. The quantitative estimate of drug-likeness (QED) is 0.806. The Hall–Kier alpha value is -1.55. The summed E-state index contributed by atoms with van der Waals surface area (Å²) in [5.41, 5.74) is -0.144. The van der Waals surface area contributed by atoms with E-state index < -0.39 is 11.9 Å². The molecule has 1 aromatic rings. The first-order chi connectivity index (χ1) is 7.06. The highest BCUT2D eigenvalue weighted by atomic mass is 35.5. The smallest absolute Gasteiger partial charge is 0.338 e. The molecule has 0 saturated carbocycles. The van der Waals surface area contributed by atoms with Gasteiger partial charge in [0.15, 0.2) is 0 Å². The summed E-state index contributed by atoms with van der Waals surface area (Å²) in [6.45, 7) is 1.84. The highest BCUT2D eigenvalue weighted by Gasteiger charge is 2.17. The molecule has 0 aliphatic rings. The lowest BCUT2D eigenvalue weighted by Crippen LogP contribution is -2.11. The van der Waals surface area contributed by atoms with Gasteiger partial charge in [-0.2, -0.15) is 0 Å². The van der Waals surface area contributed by atoms with Crippen LogP contribution in [0.15, 0.2) is 18.2 Å². The Labute approximate surface area is 91.4 Å². The summed E-state index contributed by atoms with van der Waals surface area (Å²) in [7, 11) is 0. The lowest BCUT2D eigenvalue weighted by molar-refractivity contribution is 0.0514. The molecule has 0 saturated heterocycles. The highest BCUT2D eigenvalue weighted by molar-refractivity contribution is 6.31. The van der Waals surface area contributed by atoms with Gasteiger partial charge in [0.25, 0.3) is 0 Å². The molecule has 4 nitrogen and oxygen atoms in total. The first kappa shape index (κ1) is 11.5. The summed E-state index contributed by atoms with van der Waals surface area (Å²) in [5.74, 6) is -1.87. The van der Waals surface area contributed by atoms with Crippen LogP contribution < -0.4 is 0 Å². The van der Waals surface area contributed by atoms with Crippen LogP contribution in [0.25, 0.3) is 0 Å². The number of carbonyl (C=O) groups is 2. The van der Waals surface area contributed by atoms with E-state index in [2.05, 4.69) is 0 Å². The van der Waals surface area contributed by atoms with Crippen LogP contribution in [0.5, 0.6) is 0 Å². The number of carbonyl (C=O) groups excluding carboxylic acids is 1. The van der Waals surface area contributed by atoms with Gasteiger partial charge in [0, 0.05) is 5.02 Å². The van der Waals surface area contributed by atoms with Crippen molar-refractivity contribution in [3.05, 3.63) is 34.3 Å². The Morgan fingerprint density at radius 1 is 1.40 bits per heavy atom. The zero-order chi connectivity index (χ0) is 11.4. The molecule has 5 heteroatoms. The van der Waals surface area contributed by atoms with E-state index in [1.165, 1.54) is 18.2 Å². The van der Waals surface area contributed by atoms with Crippen molar-refractivity contribution >= 4 is 23.5 Å². The number of esters is 1. The van der Waals surface area contributed by atoms with Crippen molar-refractivity contribution in [2.75, 3.05) is 6.61 Å². The summed E-state index contributed by atoms with van der Waals surface area (Å²) in [6, 6.07) is 4.00. The monoisotopic (exact) mass is 228 g/mol. The first-order valence-electron chi connectivity index (χ1n) is 4.26. The molecule has 0 heterocycles. The number of benzene rings is 1. The molecule has 0 bridgehead atoms. The van der Waals surface area contributed by atoms with Gasteiger partial charge in [-0.1, -0.05) is 11.6 Å². The summed E-state index contributed by atoms with van der Waals surface area (Å²) in [6.07, 6.45) is 0. The minimum atomic E-state index is -1.21. The maximum absolute atomic E-state index is 11.4. The van der Waals surface area contributed by atoms with Crippen LogP contribution in [0, 0.1) is 0 Å². The number of hydrogen-bond acceptors (Lipinski definition) is 3. The van der Waals surface area contributed by atoms with Crippen molar-refractivity contribution in [1.82, 2.24) is 0 Å². The fourth-order valence-corrected chi connectivity index (χ4v) is 1.25. The molecule has 15 heavy (non-hydrogen) atoms. The maximum atomic E-state index is 11.4. The Balaban J connectivity index is 3.17. The molecule has 0 unspecified atom stereocenters. The average Bonchev–Trinajstić information content (AvgIpc) is 2.17. The van der Waals surface area contributed by atoms with Crippen molar-refractivity contribution in [3.63, 3.8) is 0 Å². The summed E-state index contributed by atoms with van der Waals surface area (Å²) < 4.78 is 4.71. The third kappa shape index (κ3) is 2.70. The van der Waals surface area contributed by atoms with Crippen LogP contribution in [0.4, 0.5) is 0 Å². The van der Waals surface area contributed by atoms with Gasteiger partial charge in [-0.05, 0) is 25.1 Å². The minimum Gasteiger partial charge on any atom is -0.478 e. The number of rotatable bonds is 3. The van der Waals surface area contributed by atoms with E-state index >= 15 is 0 Å². The molecule has 0 atom stereocenters. The molecule has 0 spiro atoms. The number of carboxylic acids is 1. The zero-order valence-electron chi connectivity index (χ0n) is 7.99. The fourth-order valence-electron chi connectivity index (χ4n) is 1.08. The summed E-state index contributed by atoms with van der Waals surface area (Å²) in [5, 5.41) is 9.11. The van der Waals surface area contributed by atoms with Gasteiger partial charge in [0.1, 0.15) is 0 Å². The molecule has 0 amide bonds. The lowest BCUT2D eigenvalue weighted by Gasteiger charge is -2.05. The van der Waals surface area contributed by atoms with E-state index in [1.807, 2.05) is 0 Å². The average molecular weight is 229 g/mol. The second-order valence-electron chi connectivity index (χ2n) is 2.72. The maximum Gasteiger partial charge on any atom is 0.338 e. The van der Waals surface area contributed by atoms with Crippen LogP contribution >= 0.6 is 11.6 Å². The topological polar surface area (TPSA) is 63.6 Å². The van der Waals surface area contributed by atoms with Gasteiger partial charge in [0.05, 0.1) is 17.7 Å². The van der Waals surface area contributed by atoms with Crippen LogP contribution in [0.2, 0.25) is 5.02 Å². The van der Waals surface area contributed by atoms with Gasteiger partial charge in [-0.3, -0.25) is 0 Å². The molecule has 0 aromatic heterocycles. The molecule has 1 rings (SSSR count). The van der Waals surface area contributed by atoms with E-state index in [1.54, 1.807) is 6.92 Å². The summed E-state index contributed by atoms with van der Waals surface area (Å²) in [4.78, 5) is 22.2. The number of hydrogen-bond donors (Lipinski definition) is 1. The van der Waals surface area contributed by atoms with E-state index in [-0.39, 0.29) is 22.8 Å². The van der Waals surface area contributed by atoms with E-state index in [9.17, 15) is 9.59 Å². The van der Waals surface area contributed by atoms with Crippen LogP contribution in [0.3, 0.4) is 0 Å². The molecule has 0 radical (unpaired) electrons. The Morgan fingerprint density at radius 2 is 2.07 bits per heavy atom. The van der Waals surface area contributed by atoms with Gasteiger partial charge in [-0.25, -0.2) is 9.59 Å². The largest absolute Gasteiger partial charge is 0.478 e. The lowest BCUT2D eigenvalue weighted by atomic mass is 10.1. The second-order valence-corrected chi connectivity index (χ2v) is 3.15. The third-order valence-corrected chi connectivity index (χ3v) is 1.94. The molecule has 1 N–H and O–H groups in total. The van der Waals surface area contributed by atoms with Crippen LogP contribution in [-0.4, -0.2) is 23.7 Å². The Kier molecular flexibility index (Phi) is 3.68. The molecule has 0 aliphatic heterocycles. The van der Waals surface area contributed by atoms with Gasteiger partial charge in [0.2, 0.25) is 0 Å². The fraction of sp³-hybridized carbons (Fsp3) is 0.200. The molecule has 0 fully saturated rings. The standard InChI is InChI=1S/C10H9ClO4/c1-2-15-10(14)7-4-3-6(11)5-8(7)9(12)13/h3-5H,2H2,1H3,(H,12,13). The SMILES string of the molecule is CCOC(=O)c1ccc(Cl)cc1C(=O)O. The molecular formula is C10H9ClO4. The predicted molar refractivity (Wildman–Crippen MR) is 54.4 cm³/mol. The van der Waals surface area contributed by atoms with Gasteiger partial charge >= 0.3 is 11.9 Å². The van der Waals surface area contributed by atoms with Crippen molar-refractivity contribution in [3.8, 4) is 0 Å². The number of halogens is 1. The minimum absolute atomic E-state index is 0.00810.